The maximum Gasteiger partial charge on any atom is 0.240 e. The lowest BCUT2D eigenvalue weighted by atomic mass is 9.99. The van der Waals surface area contributed by atoms with Crippen molar-refractivity contribution in [2.45, 2.75) is 64.7 Å². The monoisotopic (exact) mass is 359 g/mol. The van der Waals surface area contributed by atoms with Gasteiger partial charge in [0, 0.05) is 24.2 Å². The van der Waals surface area contributed by atoms with Crippen LogP contribution in [0.25, 0.3) is 0 Å². The predicted octanol–water partition coefficient (Wildman–Crippen LogP) is 4.02. The van der Waals surface area contributed by atoms with Gasteiger partial charge in [0.15, 0.2) is 0 Å². The van der Waals surface area contributed by atoms with Crippen LogP contribution in [0.15, 0.2) is 29.4 Å². The molecule has 26 heavy (non-hydrogen) atoms. The predicted molar refractivity (Wildman–Crippen MR) is 103 cm³/mol. The third kappa shape index (κ3) is 7.68. The Kier molecular flexibility index (Phi) is 8.66. The summed E-state index contributed by atoms with van der Waals surface area (Å²) in [6.07, 6.45) is 8.21. The smallest absolute Gasteiger partial charge is 0.240 e. The van der Waals surface area contributed by atoms with E-state index < -0.39 is 0 Å². The van der Waals surface area contributed by atoms with Gasteiger partial charge in [0.05, 0.1) is 6.61 Å². The first kappa shape index (κ1) is 19.9. The van der Waals surface area contributed by atoms with Crippen molar-refractivity contribution in [2.75, 3.05) is 11.9 Å². The van der Waals surface area contributed by atoms with Crippen LogP contribution in [0.2, 0.25) is 0 Å². The average Bonchev–Trinajstić information content (AvgIpc) is 2.61. The number of carbonyl (C=O) groups excluding carboxylic acids is 2. The van der Waals surface area contributed by atoms with Crippen LogP contribution in [-0.4, -0.2) is 24.1 Å². The SMILES string of the molecule is CCOc1ccc(NC(=O)CCC(=O)NN=C2CCCCCCC2)cc1. The molecule has 1 aliphatic rings. The molecule has 0 atom stereocenters. The van der Waals surface area contributed by atoms with E-state index in [9.17, 15) is 9.59 Å². The van der Waals surface area contributed by atoms with Crippen LogP contribution < -0.4 is 15.5 Å². The summed E-state index contributed by atoms with van der Waals surface area (Å²) in [6, 6.07) is 7.17. The number of benzene rings is 1. The number of nitrogens with zero attached hydrogens (tertiary/aromatic N) is 1. The third-order valence-corrected chi connectivity index (χ3v) is 4.30. The Morgan fingerprint density at radius 1 is 0.962 bits per heavy atom. The zero-order valence-electron chi connectivity index (χ0n) is 15.6. The molecule has 0 bridgehead atoms. The Hall–Kier alpha value is -2.37. The van der Waals surface area contributed by atoms with Crippen molar-refractivity contribution in [1.82, 2.24) is 5.43 Å². The molecule has 0 radical (unpaired) electrons. The summed E-state index contributed by atoms with van der Waals surface area (Å²) in [7, 11) is 0. The lowest BCUT2D eigenvalue weighted by Crippen LogP contribution is -2.22. The molecule has 6 nitrogen and oxygen atoms in total. The average molecular weight is 359 g/mol. The summed E-state index contributed by atoms with van der Waals surface area (Å²) in [5.41, 5.74) is 4.35. The van der Waals surface area contributed by atoms with Crippen LogP contribution >= 0.6 is 0 Å². The summed E-state index contributed by atoms with van der Waals surface area (Å²) in [5.74, 6) is 0.350. The van der Waals surface area contributed by atoms with Crippen LogP contribution in [0.3, 0.4) is 0 Å². The molecule has 0 unspecified atom stereocenters. The first-order chi connectivity index (χ1) is 12.7. The molecule has 1 aliphatic carbocycles. The van der Waals surface area contributed by atoms with Gasteiger partial charge in [0.2, 0.25) is 11.8 Å². The second-order valence-electron chi connectivity index (χ2n) is 6.49. The number of carbonyl (C=O) groups is 2. The molecular weight excluding hydrogens is 330 g/mol. The van der Waals surface area contributed by atoms with E-state index >= 15 is 0 Å². The van der Waals surface area contributed by atoms with Crippen molar-refractivity contribution < 1.29 is 14.3 Å². The highest BCUT2D eigenvalue weighted by Crippen LogP contribution is 2.16. The Morgan fingerprint density at radius 2 is 1.58 bits per heavy atom. The van der Waals surface area contributed by atoms with E-state index in [2.05, 4.69) is 15.8 Å². The van der Waals surface area contributed by atoms with E-state index in [1.165, 1.54) is 19.3 Å². The van der Waals surface area contributed by atoms with Crippen LogP contribution in [0.4, 0.5) is 5.69 Å². The number of amides is 2. The number of hydrogen-bond acceptors (Lipinski definition) is 4. The molecular formula is C20H29N3O3. The Morgan fingerprint density at radius 3 is 2.23 bits per heavy atom. The molecule has 2 amide bonds. The topological polar surface area (TPSA) is 79.8 Å². The molecule has 0 aliphatic heterocycles. The lowest BCUT2D eigenvalue weighted by Gasteiger charge is -2.11. The van der Waals surface area contributed by atoms with Gasteiger partial charge < -0.3 is 10.1 Å². The van der Waals surface area contributed by atoms with E-state index in [-0.39, 0.29) is 24.7 Å². The summed E-state index contributed by atoms with van der Waals surface area (Å²) in [4.78, 5) is 23.9. The number of ether oxygens (including phenoxy) is 1. The fourth-order valence-corrected chi connectivity index (χ4v) is 2.87. The van der Waals surface area contributed by atoms with Crippen LogP contribution in [0.5, 0.6) is 5.75 Å². The zero-order chi connectivity index (χ0) is 18.6. The molecule has 2 N–H and O–H groups in total. The van der Waals surface area contributed by atoms with Gasteiger partial charge in [-0.1, -0.05) is 19.3 Å². The molecule has 1 saturated carbocycles. The molecule has 0 spiro atoms. The Labute approximate surface area is 155 Å². The van der Waals surface area contributed by atoms with Crippen molar-refractivity contribution >= 4 is 23.2 Å². The van der Waals surface area contributed by atoms with Gasteiger partial charge in [-0.2, -0.15) is 5.10 Å². The minimum absolute atomic E-state index is 0.125. The molecule has 1 fully saturated rings. The standard InChI is InChI=1S/C20H29N3O3/c1-2-26-18-12-10-16(11-13-18)21-19(24)14-15-20(25)23-22-17-8-6-4-3-5-7-9-17/h10-13H,2-9,14-15H2,1H3,(H,21,24)(H,23,25). The van der Waals surface area contributed by atoms with Crippen LogP contribution in [0, 0.1) is 0 Å². The minimum Gasteiger partial charge on any atom is -0.494 e. The second-order valence-corrected chi connectivity index (χ2v) is 6.49. The van der Waals surface area contributed by atoms with Crippen molar-refractivity contribution in [2.24, 2.45) is 5.10 Å². The molecule has 142 valence electrons. The van der Waals surface area contributed by atoms with Crippen molar-refractivity contribution in [3.8, 4) is 5.75 Å². The number of hydrogen-bond donors (Lipinski definition) is 2. The van der Waals surface area contributed by atoms with E-state index in [4.69, 9.17) is 4.74 Å². The molecule has 1 aromatic rings. The van der Waals surface area contributed by atoms with Crippen molar-refractivity contribution in [3.63, 3.8) is 0 Å². The van der Waals surface area contributed by atoms with Gasteiger partial charge in [-0.3, -0.25) is 9.59 Å². The number of rotatable bonds is 7. The highest BCUT2D eigenvalue weighted by molar-refractivity contribution is 5.93. The summed E-state index contributed by atoms with van der Waals surface area (Å²) in [5, 5.41) is 7.02. The second kappa shape index (κ2) is 11.3. The maximum absolute atomic E-state index is 12.0. The van der Waals surface area contributed by atoms with Gasteiger partial charge in [-0.15, -0.1) is 0 Å². The first-order valence-corrected chi connectivity index (χ1v) is 9.54. The van der Waals surface area contributed by atoms with Crippen molar-refractivity contribution in [1.29, 1.82) is 0 Å². The summed E-state index contributed by atoms with van der Waals surface area (Å²) < 4.78 is 5.36. The molecule has 0 heterocycles. The quantitative estimate of drug-likeness (QED) is 0.722. The maximum atomic E-state index is 12.0. The molecule has 0 aromatic heterocycles. The molecule has 1 aromatic carbocycles. The van der Waals surface area contributed by atoms with Gasteiger partial charge in [0.1, 0.15) is 5.75 Å². The third-order valence-electron chi connectivity index (χ3n) is 4.30. The van der Waals surface area contributed by atoms with E-state index in [1.807, 2.05) is 6.92 Å². The van der Waals surface area contributed by atoms with Crippen LogP contribution in [0.1, 0.15) is 64.7 Å². The van der Waals surface area contributed by atoms with E-state index in [0.717, 1.165) is 37.1 Å². The van der Waals surface area contributed by atoms with Gasteiger partial charge in [-0.25, -0.2) is 5.43 Å². The number of anilines is 1. The highest BCUT2D eigenvalue weighted by Gasteiger charge is 2.09. The van der Waals surface area contributed by atoms with Crippen molar-refractivity contribution in [3.05, 3.63) is 24.3 Å². The minimum atomic E-state index is -0.221. The van der Waals surface area contributed by atoms with Crippen LogP contribution in [-0.2, 0) is 9.59 Å². The first-order valence-electron chi connectivity index (χ1n) is 9.54. The molecule has 0 saturated heterocycles. The van der Waals surface area contributed by atoms with Gasteiger partial charge in [0.25, 0.3) is 0 Å². The summed E-state index contributed by atoms with van der Waals surface area (Å²) in [6.45, 7) is 2.52. The fraction of sp³-hybridized carbons (Fsp3) is 0.550. The fourth-order valence-electron chi connectivity index (χ4n) is 2.87. The van der Waals surface area contributed by atoms with E-state index in [1.54, 1.807) is 24.3 Å². The Balaban J connectivity index is 1.69. The van der Waals surface area contributed by atoms with Gasteiger partial charge in [-0.05, 0) is 56.9 Å². The zero-order valence-corrected chi connectivity index (χ0v) is 15.6. The molecule has 2 rings (SSSR count). The van der Waals surface area contributed by atoms with Gasteiger partial charge >= 0.3 is 0 Å². The highest BCUT2D eigenvalue weighted by atomic mass is 16.5. The Bertz CT molecular complexity index is 601. The summed E-state index contributed by atoms with van der Waals surface area (Å²) >= 11 is 0. The lowest BCUT2D eigenvalue weighted by molar-refractivity contribution is -0.124. The van der Waals surface area contributed by atoms with E-state index in [0.29, 0.717) is 12.3 Å². The molecule has 6 heteroatoms. The largest absolute Gasteiger partial charge is 0.494 e. The normalized spacial score (nSPS) is 14.7. The number of hydrazone groups is 1. The number of nitrogens with one attached hydrogen (secondary N) is 2.